The van der Waals surface area contributed by atoms with Crippen molar-refractivity contribution in [3.8, 4) is 0 Å². The van der Waals surface area contributed by atoms with Crippen LogP contribution >= 0.6 is 11.3 Å². The summed E-state index contributed by atoms with van der Waals surface area (Å²) in [4.78, 5) is 26.4. The van der Waals surface area contributed by atoms with Crippen molar-refractivity contribution >= 4 is 34.6 Å². The monoisotopic (exact) mass is 517 g/mol. The lowest BCUT2D eigenvalue weighted by Gasteiger charge is -2.37. The third kappa shape index (κ3) is 4.84. The number of aliphatic hydroxyl groups is 1. The molecule has 3 aromatic rings. The van der Waals surface area contributed by atoms with E-state index < -0.39 is 47.3 Å². The van der Waals surface area contributed by atoms with Crippen molar-refractivity contribution in [2.45, 2.75) is 18.4 Å². The van der Waals surface area contributed by atoms with Crippen LogP contribution in [0.2, 0.25) is 0 Å². The zero-order valence-electron chi connectivity index (χ0n) is 19.1. The van der Waals surface area contributed by atoms with Gasteiger partial charge >= 0.3 is 5.97 Å². The number of hydrogen-bond acceptors (Lipinski definition) is 7. The first-order valence-electron chi connectivity index (χ1n) is 10.9. The van der Waals surface area contributed by atoms with Gasteiger partial charge in [0, 0.05) is 10.9 Å². The smallest absolute Gasteiger partial charge is 0.325 e. The summed E-state index contributed by atoms with van der Waals surface area (Å²) >= 11 is 1.35. The molecule has 1 aromatic heterocycles. The van der Waals surface area contributed by atoms with E-state index in [9.17, 15) is 22.8 Å². The number of rotatable bonds is 8. The lowest BCUT2D eigenvalue weighted by Crippen LogP contribution is -2.57. The first-order chi connectivity index (χ1) is 17.3. The average Bonchev–Trinajstić information content (AvgIpc) is 3.48. The number of amides is 1. The molecule has 0 aliphatic carbocycles. The molecule has 11 heteroatoms. The first-order valence-corrected chi connectivity index (χ1v) is 11.8. The molecule has 0 saturated heterocycles. The van der Waals surface area contributed by atoms with E-state index in [1.807, 2.05) is 5.38 Å². The van der Waals surface area contributed by atoms with Gasteiger partial charge in [-0.15, -0.1) is 11.3 Å². The minimum atomic E-state index is -1.62. The predicted molar refractivity (Wildman–Crippen MR) is 128 cm³/mol. The van der Waals surface area contributed by atoms with Crippen LogP contribution in [0.15, 0.2) is 65.1 Å². The van der Waals surface area contributed by atoms with Gasteiger partial charge in [-0.05, 0) is 48.2 Å². The minimum Gasteiger partial charge on any atom is -0.462 e. The Balaban J connectivity index is 1.83. The molecular formula is C25H22F3N3O4S. The summed E-state index contributed by atoms with van der Waals surface area (Å²) in [5.41, 5.74) is -0.914. The van der Waals surface area contributed by atoms with Gasteiger partial charge < -0.3 is 15.2 Å². The summed E-state index contributed by atoms with van der Waals surface area (Å²) in [5, 5.41) is 18.9. The Morgan fingerprint density at radius 2 is 1.86 bits per heavy atom. The molecule has 0 saturated carbocycles. The molecule has 0 radical (unpaired) electrons. The van der Waals surface area contributed by atoms with Crippen molar-refractivity contribution in [2.24, 2.45) is 5.10 Å². The molecule has 0 spiro atoms. The highest BCUT2D eigenvalue weighted by Crippen LogP contribution is 2.46. The minimum absolute atomic E-state index is 0.157. The van der Waals surface area contributed by atoms with E-state index in [0.29, 0.717) is 22.2 Å². The number of thiophene rings is 1. The average molecular weight is 518 g/mol. The van der Waals surface area contributed by atoms with Crippen LogP contribution in [0.1, 0.15) is 23.3 Å². The van der Waals surface area contributed by atoms with Crippen molar-refractivity contribution in [3.63, 3.8) is 0 Å². The van der Waals surface area contributed by atoms with Gasteiger partial charge in [0.15, 0.2) is 11.4 Å². The van der Waals surface area contributed by atoms with Gasteiger partial charge in [-0.25, -0.2) is 18.2 Å². The molecule has 2 N–H and O–H groups in total. The molecular weight excluding hydrogens is 495 g/mol. The molecule has 7 nitrogen and oxygen atoms in total. The highest BCUT2D eigenvalue weighted by molar-refractivity contribution is 7.10. The fourth-order valence-corrected chi connectivity index (χ4v) is 5.05. The Bertz CT molecular complexity index is 1280. The summed E-state index contributed by atoms with van der Waals surface area (Å²) in [6.45, 7) is 0.435. The molecule has 1 aliphatic rings. The number of nitrogens with zero attached hydrogens (tertiary/aromatic N) is 2. The number of carbonyl (C=O) groups is 2. The van der Waals surface area contributed by atoms with Crippen LogP contribution in [0.25, 0.3) is 0 Å². The number of anilines is 1. The molecule has 0 bridgehead atoms. The highest BCUT2D eigenvalue weighted by atomic mass is 32.1. The summed E-state index contributed by atoms with van der Waals surface area (Å²) in [6.07, 6.45) is 0. The summed E-state index contributed by atoms with van der Waals surface area (Å²) < 4.78 is 47.2. The Morgan fingerprint density at radius 3 is 2.50 bits per heavy atom. The second kappa shape index (κ2) is 10.5. The number of carbonyl (C=O) groups excluding carboxylic acids is 2. The quantitative estimate of drug-likeness (QED) is 0.446. The van der Waals surface area contributed by atoms with Crippen molar-refractivity contribution in [3.05, 3.63) is 87.9 Å². The number of halogens is 3. The number of benzene rings is 2. The largest absolute Gasteiger partial charge is 0.462 e. The lowest BCUT2D eigenvalue weighted by molar-refractivity contribution is -0.145. The Kier molecular flexibility index (Phi) is 7.41. The van der Waals surface area contributed by atoms with E-state index in [1.54, 1.807) is 12.1 Å². The molecule has 188 valence electrons. The fourth-order valence-electron chi connectivity index (χ4n) is 4.10. The van der Waals surface area contributed by atoms with Gasteiger partial charge in [-0.2, -0.15) is 5.10 Å². The molecule has 4 rings (SSSR count). The maximum absolute atomic E-state index is 15.0. The maximum Gasteiger partial charge on any atom is 0.325 e. The number of nitrogens with one attached hydrogen (secondary N) is 1. The van der Waals surface area contributed by atoms with E-state index in [1.165, 1.54) is 53.6 Å². The first kappa shape index (κ1) is 25.4. The third-order valence-electron chi connectivity index (χ3n) is 5.80. The number of esters is 1. The molecule has 2 heterocycles. The van der Waals surface area contributed by atoms with Crippen LogP contribution < -0.4 is 10.3 Å². The van der Waals surface area contributed by atoms with Crippen LogP contribution in [0.4, 0.5) is 18.9 Å². The lowest BCUT2D eigenvalue weighted by atomic mass is 9.78. The standard InChI is InChI=1S/C25H22F3N3O4S/c1-25(24(34)29-14-21(33)35-11-10-32)22(20-3-2-12-36-20)23(15-4-6-16(26)7-5-15)30-31(25)19-9-8-17(27)13-18(19)28/h2-9,12-13,22,32H,10-11,14H2,1H3,(H,29,34). The second-order valence-electron chi connectivity index (χ2n) is 8.12. The van der Waals surface area contributed by atoms with Crippen LogP contribution in [0, 0.1) is 17.5 Å². The fraction of sp³-hybridized carbons (Fsp3) is 0.240. The number of hydrogen-bond donors (Lipinski definition) is 2. The third-order valence-corrected chi connectivity index (χ3v) is 6.73. The number of ether oxygens (including phenoxy) is 1. The molecule has 2 unspecified atom stereocenters. The van der Waals surface area contributed by atoms with Crippen molar-refractivity contribution in [1.29, 1.82) is 0 Å². The van der Waals surface area contributed by atoms with Gasteiger partial charge in [-0.3, -0.25) is 9.59 Å². The van der Waals surface area contributed by atoms with Crippen molar-refractivity contribution in [2.75, 3.05) is 24.8 Å². The van der Waals surface area contributed by atoms with Gasteiger partial charge in [0.1, 0.15) is 24.8 Å². The van der Waals surface area contributed by atoms with E-state index in [0.717, 1.165) is 6.07 Å². The van der Waals surface area contributed by atoms with Crippen molar-refractivity contribution in [1.82, 2.24) is 5.32 Å². The molecule has 1 aliphatic heterocycles. The van der Waals surface area contributed by atoms with E-state index in [2.05, 4.69) is 10.4 Å². The zero-order valence-corrected chi connectivity index (χ0v) is 19.9. The number of hydrazone groups is 1. The summed E-state index contributed by atoms with van der Waals surface area (Å²) in [6, 6.07) is 12.0. The molecule has 36 heavy (non-hydrogen) atoms. The number of aliphatic hydroxyl groups excluding tert-OH is 1. The topological polar surface area (TPSA) is 91.2 Å². The van der Waals surface area contributed by atoms with Crippen LogP contribution in [-0.4, -0.2) is 48.0 Å². The second-order valence-corrected chi connectivity index (χ2v) is 9.10. The van der Waals surface area contributed by atoms with E-state index in [-0.39, 0.29) is 18.9 Å². The molecule has 2 atom stereocenters. The molecule has 0 fully saturated rings. The van der Waals surface area contributed by atoms with Gasteiger partial charge in [0.2, 0.25) is 5.91 Å². The van der Waals surface area contributed by atoms with Crippen molar-refractivity contribution < 1.29 is 32.6 Å². The molecule has 2 aromatic carbocycles. The van der Waals surface area contributed by atoms with Gasteiger partial charge in [0.05, 0.1) is 23.9 Å². The van der Waals surface area contributed by atoms with E-state index in [4.69, 9.17) is 9.84 Å². The molecule has 1 amide bonds. The summed E-state index contributed by atoms with van der Waals surface area (Å²) in [7, 11) is 0. The SMILES string of the molecule is CC1(C(=O)NCC(=O)OCCO)C(c2cccs2)C(c2ccc(F)cc2)=NN1c1ccc(F)cc1F. The Morgan fingerprint density at radius 1 is 1.14 bits per heavy atom. The van der Waals surface area contributed by atoms with Crippen LogP contribution in [0.3, 0.4) is 0 Å². The van der Waals surface area contributed by atoms with Gasteiger partial charge in [-0.1, -0.05) is 18.2 Å². The highest BCUT2D eigenvalue weighted by Gasteiger charge is 2.55. The Hall–Kier alpha value is -3.70. The maximum atomic E-state index is 15.0. The van der Waals surface area contributed by atoms with Crippen LogP contribution in [-0.2, 0) is 14.3 Å². The summed E-state index contributed by atoms with van der Waals surface area (Å²) in [5.74, 6) is -4.41. The van der Waals surface area contributed by atoms with E-state index >= 15 is 0 Å². The zero-order chi connectivity index (χ0) is 25.9. The van der Waals surface area contributed by atoms with Gasteiger partial charge in [0.25, 0.3) is 0 Å². The normalized spacial score (nSPS) is 19.2. The predicted octanol–water partition coefficient (Wildman–Crippen LogP) is 3.58. The van der Waals surface area contributed by atoms with Crippen LogP contribution in [0.5, 0.6) is 0 Å². The Labute approximate surface area is 208 Å².